The monoisotopic (exact) mass is 248 g/mol. The molecule has 100 valence electrons. The van der Waals surface area contributed by atoms with Gasteiger partial charge in [0, 0.05) is 25.8 Å². The van der Waals surface area contributed by atoms with E-state index in [1.165, 1.54) is 32.1 Å². The standard InChI is InChI=1S/C14H24N4/c1-3-11-4-6-13(7-5-11)18(2)14-10-16-9-12(8-15)17-14/h9-11,13H,3-8,15H2,1-2H3. The predicted molar refractivity (Wildman–Crippen MR) is 74.4 cm³/mol. The zero-order chi connectivity index (χ0) is 13.0. The Labute approximate surface area is 110 Å². The normalized spacial score (nSPS) is 23.9. The Hall–Kier alpha value is -1.16. The zero-order valence-corrected chi connectivity index (χ0v) is 11.5. The van der Waals surface area contributed by atoms with Crippen molar-refractivity contribution in [2.24, 2.45) is 11.7 Å². The van der Waals surface area contributed by atoms with Gasteiger partial charge in [-0.2, -0.15) is 0 Å². The van der Waals surface area contributed by atoms with Gasteiger partial charge in [-0.1, -0.05) is 13.3 Å². The van der Waals surface area contributed by atoms with Crippen LogP contribution in [0.4, 0.5) is 5.82 Å². The molecule has 0 saturated heterocycles. The van der Waals surface area contributed by atoms with Gasteiger partial charge in [0.25, 0.3) is 0 Å². The molecule has 1 aromatic heterocycles. The van der Waals surface area contributed by atoms with E-state index in [0.717, 1.165) is 17.4 Å². The van der Waals surface area contributed by atoms with E-state index < -0.39 is 0 Å². The number of rotatable bonds is 4. The maximum Gasteiger partial charge on any atom is 0.147 e. The van der Waals surface area contributed by atoms with Gasteiger partial charge in [0.2, 0.25) is 0 Å². The fraction of sp³-hybridized carbons (Fsp3) is 0.714. The van der Waals surface area contributed by atoms with Crippen molar-refractivity contribution >= 4 is 5.82 Å². The van der Waals surface area contributed by atoms with Crippen LogP contribution >= 0.6 is 0 Å². The molecule has 2 N–H and O–H groups in total. The van der Waals surface area contributed by atoms with Gasteiger partial charge < -0.3 is 10.6 Å². The molecule has 1 heterocycles. The van der Waals surface area contributed by atoms with Crippen molar-refractivity contribution < 1.29 is 0 Å². The molecule has 1 aromatic rings. The molecule has 0 radical (unpaired) electrons. The summed E-state index contributed by atoms with van der Waals surface area (Å²) in [6.45, 7) is 2.75. The zero-order valence-electron chi connectivity index (χ0n) is 11.5. The molecule has 1 fully saturated rings. The van der Waals surface area contributed by atoms with Crippen LogP contribution in [0.2, 0.25) is 0 Å². The van der Waals surface area contributed by atoms with Crippen LogP contribution < -0.4 is 10.6 Å². The van der Waals surface area contributed by atoms with Crippen LogP contribution in [0.5, 0.6) is 0 Å². The lowest BCUT2D eigenvalue weighted by molar-refractivity contribution is 0.312. The number of hydrogen-bond donors (Lipinski definition) is 1. The molecule has 4 nitrogen and oxygen atoms in total. The molecule has 0 bridgehead atoms. The summed E-state index contributed by atoms with van der Waals surface area (Å²) in [5.74, 6) is 1.88. The van der Waals surface area contributed by atoms with Crippen molar-refractivity contribution in [3.8, 4) is 0 Å². The first-order chi connectivity index (χ1) is 8.74. The van der Waals surface area contributed by atoms with Crippen LogP contribution in [0.15, 0.2) is 12.4 Å². The van der Waals surface area contributed by atoms with Gasteiger partial charge in [-0.15, -0.1) is 0 Å². The average Bonchev–Trinajstić information content (AvgIpc) is 2.46. The summed E-state index contributed by atoms with van der Waals surface area (Å²) in [7, 11) is 2.13. The van der Waals surface area contributed by atoms with Gasteiger partial charge in [-0.25, -0.2) is 4.98 Å². The average molecular weight is 248 g/mol. The summed E-state index contributed by atoms with van der Waals surface area (Å²) >= 11 is 0. The van der Waals surface area contributed by atoms with Gasteiger partial charge in [0.05, 0.1) is 11.9 Å². The molecule has 0 aliphatic heterocycles. The van der Waals surface area contributed by atoms with Crippen LogP contribution in [0.25, 0.3) is 0 Å². The van der Waals surface area contributed by atoms with Crippen molar-refractivity contribution in [2.45, 2.75) is 51.6 Å². The number of aromatic nitrogens is 2. The van der Waals surface area contributed by atoms with Gasteiger partial charge in [-0.3, -0.25) is 4.98 Å². The highest BCUT2D eigenvalue weighted by Crippen LogP contribution is 2.30. The molecular formula is C14H24N4. The van der Waals surface area contributed by atoms with E-state index in [1.807, 2.05) is 6.20 Å². The number of anilines is 1. The molecular weight excluding hydrogens is 224 g/mol. The van der Waals surface area contributed by atoms with E-state index >= 15 is 0 Å². The van der Waals surface area contributed by atoms with Crippen LogP contribution in [-0.4, -0.2) is 23.1 Å². The van der Waals surface area contributed by atoms with Crippen molar-refractivity contribution in [3.05, 3.63) is 18.1 Å². The lowest BCUT2D eigenvalue weighted by atomic mass is 9.84. The van der Waals surface area contributed by atoms with Crippen LogP contribution in [0, 0.1) is 5.92 Å². The highest BCUT2D eigenvalue weighted by Gasteiger charge is 2.23. The lowest BCUT2D eigenvalue weighted by Gasteiger charge is -2.35. The third-order valence-corrected chi connectivity index (χ3v) is 4.18. The first-order valence-corrected chi connectivity index (χ1v) is 6.98. The summed E-state index contributed by atoms with van der Waals surface area (Å²) in [5.41, 5.74) is 6.48. The second-order valence-electron chi connectivity index (χ2n) is 5.27. The Morgan fingerprint density at radius 3 is 2.61 bits per heavy atom. The minimum Gasteiger partial charge on any atom is -0.355 e. The van der Waals surface area contributed by atoms with E-state index in [-0.39, 0.29) is 0 Å². The fourth-order valence-electron chi connectivity index (χ4n) is 2.79. The second kappa shape index (κ2) is 6.14. The summed E-state index contributed by atoms with van der Waals surface area (Å²) in [6.07, 6.45) is 10.1. The number of nitrogens with two attached hydrogens (primary N) is 1. The molecule has 2 rings (SSSR count). The smallest absolute Gasteiger partial charge is 0.147 e. The van der Waals surface area contributed by atoms with Crippen LogP contribution in [0.1, 0.15) is 44.7 Å². The Bertz CT molecular complexity index is 372. The molecule has 0 atom stereocenters. The van der Waals surface area contributed by atoms with E-state index in [0.29, 0.717) is 12.6 Å². The maximum atomic E-state index is 5.61. The summed E-state index contributed by atoms with van der Waals surface area (Å²) in [6, 6.07) is 0.607. The van der Waals surface area contributed by atoms with Gasteiger partial charge in [-0.05, 0) is 31.6 Å². The lowest BCUT2D eigenvalue weighted by Crippen LogP contribution is -2.35. The third-order valence-electron chi connectivity index (χ3n) is 4.18. The Morgan fingerprint density at radius 2 is 2.00 bits per heavy atom. The highest BCUT2D eigenvalue weighted by atomic mass is 15.2. The number of nitrogens with zero attached hydrogens (tertiary/aromatic N) is 3. The Balaban J connectivity index is 2.00. The van der Waals surface area contributed by atoms with Crippen LogP contribution in [0.3, 0.4) is 0 Å². The van der Waals surface area contributed by atoms with Gasteiger partial charge >= 0.3 is 0 Å². The summed E-state index contributed by atoms with van der Waals surface area (Å²) in [5, 5.41) is 0. The topological polar surface area (TPSA) is 55.0 Å². The quantitative estimate of drug-likeness (QED) is 0.888. The molecule has 0 spiro atoms. The molecule has 1 aliphatic rings. The van der Waals surface area contributed by atoms with Crippen LogP contribution in [-0.2, 0) is 6.54 Å². The largest absolute Gasteiger partial charge is 0.355 e. The van der Waals surface area contributed by atoms with Gasteiger partial charge in [0.1, 0.15) is 5.82 Å². The molecule has 4 heteroatoms. The van der Waals surface area contributed by atoms with Crippen molar-refractivity contribution in [3.63, 3.8) is 0 Å². The molecule has 0 aromatic carbocycles. The van der Waals surface area contributed by atoms with Crippen molar-refractivity contribution in [1.29, 1.82) is 0 Å². The van der Waals surface area contributed by atoms with E-state index in [9.17, 15) is 0 Å². The van der Waals surface area contributed by atoms with E-state index in [1.54, 1.807) is 6.20 Å². The van der Waals surface area contributed by atoms with E-state index in [4.69, 9.17) is 5.73 Å². The molecule has 1 aliphatic carbocycles. The minimum absolute atomic E-state index is 0.456. The van der Waals surface area contributed by atoms with E-state index in [2.05, 4.69) is 28.8 Å². The third kappa shape index (κ3) is 2.99. The first-order valence-electron chi connectivity index (χ1n) is 6.98. The Morgan fingerprint density at radius 1 is 1.28 bits per heavy atom. The minimum atomic E-state index is 0.456. The number of hydrogen-bond acceptors (Lipinski definition) is 4. The predicted octanol–water partition coefficient (Wildman–Crippen LogP) is 2.34. The van der Waals surface area contributed by atoms with Crippen molar-refractivity contribution in [1.82, 2.24) is 9.97 Å². The van der Waals surface area contributed by atoms with Gasteiger partial charge in [0.15, 0.2) is 0 Å². The molecule has 0 amide bonds. The molecule has 0 unspecified atom stereocenters. The SMILES string of the molecule is CCC1CCC(N(C)c2cncc(CN)n2)CC1. The summed E-state index contributed by atoms with van der Waals surface area (Å²) in [4.78, 5) is 11.0. The maximum absolute atomic E-state index is 5.61. The Kier molecular flexibility index (Phi) is 4.53. The fourth-order valence-corrected chi connectivity index (χ4v) is 2.79. The highest BCUT2D eigenvalue weighted by molar-refractivity contribution is 5.36. The van der Waals surface area contributed by atoms with Crippen molar-refractivity contribution in [2.75, 3.05) is 11.9 Å². The second-order valence-corrected chi connectivity index (χ2v) is 5.27. The molecule has 18 heavy (non-hydrogen) atoms. The molecule has 1 saturated carbocycles. The summed E-state index contributed by atoms with van der Waals surface area (Å²) < 4.78 is 0. The first kappa shape index (κ1) is 13.3.